The number of carbonyl (C=O) groups excluding carboxylic acids is 1. The summed E-state index contributed by atoms with van der Waals surface area (Å²) in [6.45, 7) is 1.41. The Bertz CT molecular complexity index is 701. The molecule has 0 spiro atoms. The van der Waals surface area contributed by atoms with E-state index < -0.39 is 17.9 Å². The number of benzene rings is 1. The Morgan fingerprint density at radius 3 is 2.67 bits per heavy atom. The zero-order chi connectivity index (χ0) is 17.5. The number of carboxylic acids is 1. The maximum Gasteiger partial charge on any atom is 0.305 e. The summed E-state index contributed by atoms with van der Waals surface area (Å²) in [4.78, 5) is 26.9. The molecule has 0 saturated heterocycles. The molecule has 2 N–H and O–H groups in total. The summed E-state index contributed by atoms with van der Waals surface area (Å²) < 4.78 is 10.0. The fraction of sp³-hybridized carbons (Fsp3) is 0.333. The first-order valence-electron chi connectivity index (χ1n) is 7.07. The molecule has 2 rings (SSSR count). The van der Waals surface area contributed by atoms with Crippen molar-refractivity contribution in [3.05, 3.63) is 46.6 Å². The van der Waals surface area contributed by atoms with Gasteiger partial charge in [0.25, 0.3) is 5.89 Å². The third-order valence-corrected chi connectivity index (χ3v) is 3.27. The van der Waals surface area contributed by atoms with Gasteiger partial charge in [-0.15, -0.1) is 0 Å². The third kappa shape index (κ3) is 5.64. The third-order valence-electron chi connectivity index (χ3n) is 3.01. The molecule has 1 aromatic heterocycles. The van der Waals surface area contributed by atoms with Crippen molar-refractivity contribution >= 4 is 23.5 Å². The van der Waals surface area contributed by atoms with Gasteiger partial charge in [0, 0.05) is 5.02 Å². The Kier molecular flexibility index (Phi) is 6.28. The number of ether oxygens (including phenoxy) is 1. The van der Waals surface area contributed by atoms with E-state index in [9.17, 15) is 9.59 Å². The predicted octanol–water partition coefficient (Wildman–Crippen LogP) is 1.88. The fourth-order valence-corrected chi connectivity index (χ4v) is 2.11. The number of carbonyl (C=O) groups is 2. The van der Waals surface area contributed by atoms with Crippen LogP contribution in [0.3, 0.4) is 0 Å². The molecule has 0 bridgehead atoms. The van der Waals surface area contributed by atoms with Crippen LogP contribution in [-0.4, -0.2) is 33.7 Å². The maximum absolute atomic E-state index is 11.9. The molecule has 0 saturated carbocycles. The molecule has 1 aromatic carbocycles. The Balaban J connectivity index is 1.89. The molecule has 24 heavy (non-hydrogen) atoms. The number of aromatic nitrogens is 2. The average Bonchev–Trinajstić information content (AvgIpc) is 2.92. The van der Waals surface area contributed by atoms with Gasteiger partial charge in [0.15, 0.2) is 5.82 Å². The van der Waals surface area contributed by atoms with Crippen molar-refractivity contribution in [2.75, 3.05) is 6.61 Å². The molecule has 0 aliphatic carbocycles. The molecular formula is C15H16ClN3O5. The number of hydrogen-bond acceptors (Lipinski definition) is 6. The lowest BCUT2D eigenvalue weighted by molar-refractivity contribution is -0.138. The van der Waals surface area contributed by atoms with Crippen LogP contribution < -0.4 is 5.32 Å². The number of halogens is 1. The molecule has 0 aliphatic heterocycles. The van der Waals surface area contributed by atoms with Gasteiger partial charge in [0.1, 0.15) is 13.2 Å². The number of amides is 1. The Labute approximate surface area is 142 Å². The topological polar surface area (TPSA) is 115 Å². The zero-order valence-corrected chi connectivity index (χ0v) is 13.6. The van der Waals surface area contributed by atoms with Gasteiger partial charge in [0.05, 0.1) is 12.5 Å². The number of nitrogens with one attached hydrogen (secondary N) is 1. The van der Waals surface area contributed by atoms with Crippen LogP contribution in [0.5, 0.6) is 0 Å². The summed E-state index contributed by atoms with van der Waals surface area (Å²) in [5.41, 5.74) is 0.641. The van der Waals surface area contributed by atoms with Crippen LogP contribution in [0.4, 0.5) is 0 Å². The van der Waals surface area contributed by atoms with Crippen LogP contribution in [0.2, 0.25) is 5.02 Å². The van der Waals surface area contributed by atoms with Crippen molar-refractivity contribution in [2.24, 2.45) is 0 Å². The Morgan fingerprint density at radius 2 is 2.08 bits per heavy atom. The van der Waals surface area contributed by atoms with Crippen molar-refractivity contribution in [3.63, 3.8) is 0 Å². The van der Waals surface area contributed by atoms with E-state index in [0.29, 0.717) is 16.4 Å². The van der Waals surface area contributed by atoms with E-state index in [0.717, 1.165) is 0 Å². The minimum absolute atomic E-state index is 0.00119. The van der Waals surface area contributed by atoms with E-state index in [2.05, 4.69) is 15.5 Å². The lowest BCUT2D eigenvalue weighted by atomic mass is 10.0. The Morgan fingerprint density at radius 1 is 1.38 bits per heavy atom. The maximum atomic E-state index is 11.9. The highest BCUT2D eigenvalue weighted by Crippen LogP contribution is 2.19. The summed E-state index contributed by atoms with van der Waals surface area (Å²) >= 11 is 5.81. The zero-order valence-electron chi connectivity index (χ0n) is 12.9. The average molecular weight is 354 g/mol. The van der Waals surface area contributed by atoms with E-state index in [-0.39, 0.29) is 25.5 Å². The van der Waals surface area contributed by atoms with E-state index in [1.165, 1.54) is 0 Å². The molecule has 0 fully saturated rings. The molecule has 2 aromatic rings. The van der Waals surface area contributed by atoms with Crippen LogP contribution in [0.25, 0.3) is 0 Å². The van der Waals surface area contributed by atoms with Crippen LogP contribution in [0.15, 0.2) is 28.8 Å². The molecule has 0 radical (unpaired) electrons. The van der Waals surface area contributed by atoms with Gasteiger partial charge in [-0.3, -0.25) is 9.59 Å². The minimum atomic E-state index is -1.03. The molecule has 1 heterocycles. The smallest absolute Gasteiger partial charge is 0.305 e. The molecule has 1 amide bonds. The monoisotopic (exact) mass is 353 g/mol. The molecule has 128 valence electrons. The summed E-state index contributed by atoms with van der Waals surface area (Å²) in [5.74, 6) is -0.743. The molecule has 0 unspecified atom stereocenters. The van der Waals surface area contributed by atoms with Gasteiger partial charge in [-0.25, -0.2) is 0 Å². The highest BCUT2D eigenvalue weighted by molar-refractivity contribution is 6.30. The minimum Gasteiger partial charge on any atom is -0.481 e. The lowest BCUT2D eigenvalue weighted by Crippen LogP contribution is -2.33. The second-order valence-corrected chi connectivity index (χ2v) is 5.43. The van der Waals surface area contributed by atoms with Crippen LogP contribution in [0.1, 0.15) is 29.7 Å². The number of hydrogen-bond donors (Lipinski definition) is 2. The summed E-state index contributed by atoms with van der Waals surface area (Å²) in [6.07, 6.45) is -0.254. The number of aryl methyl sites for hydroxylation is 1. The quantitative estimate of drug-likeness (QED) is 0.744. The summed E-state index contributed by atoms with van der Waals surface area (Å²) in [6, 6.07) is 5.91. The number of carboxylic acid groups (broad SMARTS) is 1. The van der Waals surface area contributed by atoms with E-state index in [1.54, 1.807) is 31.2 Å². The number of nitrogens with zero attached hydrogens (tertiary/aromatic N) is 2. The van der Waals surface area contributed by atoms with Gasteiger partial charge >= 0.3 is 5.97 Å². The van der Waals surface area contributed by atoms with Gasteiger partial charge in [-0.1, -0.05) is 28.9 Å². The predicted molar refractivity (Wildman–Crippen MR) is 83.3 cm³/mol. The van der Waals surface area contributed by atoms with Crippen molar-refractivity contribution in [3.8, 4) is 0 Å². The molecule has 0 aliphatic rings. The van der Waals surface area contributed by atoms with Gasteiger partial charge in [0.2, 0.25) is 5.91 Å². The van der Waals surface area contributed by atoms with Gasteiger partial charge in [-0.2, -0.15) is 4.98 Å². The first-order chi connectivity index (χ1) is 11.4. The van der Waals surface area contributed by atoms with Crippen molar-refractivity contribution in [2.45, 2.75) is 26.0 Å². The van der Waals surface area contributed by atoms with E-state index in [4.69, 9.17) is 26.0 Å². The first-order valence-corrected chi connectivity index (χ1v) is 7.45. The highest BCUT2D eigenvalue weighted by Gasteiger charge is 2.18. The van der Waals surface area contributed by atoms with E-state index >= 15 is 0 Å². The normalized spacial score (nSPS) is 11.9. The Hall–Kier alpha value is -2.45. The fourth-order valence-electron chi connectivity index (χ4n) is 1.99. The summed E-state index contributed by atoms with van der Waals surface area (Å²) in [7, 11) is 0. The molecule has 8 nitrogen and oxygen atoms in total. The van der Waals surface area contributed by atoms with Crippen LogP contribution in [-0.2, 0) is 20.9 Å². The second-order valence-electron chi connectivity index (χ2n) is 5.00. The van der Waals surface area contributed by atoms with Crippen LogP contribution >= 0.6 is 11.6 Å². The lowest BCUT2D eigenvalue weighted by Gasteiger charge is -2.17. The molecular weight excluding hydrogens is 338 g/mol. The largest absolute Gasteiger partial charge is 0.481 e. The SMILES string of the molecule is Cc1noc(COCC(=O)N[C@@H](CC(=O)O)c2ccc(Cl)cc2)n1. The van der Waals surface area contributed by atoms with Crippen LogP contribution in [0, 0.1) is 6.92 Å². The molecule has 1 atom stereocenters. The van der Waals surface area contributed by atoms with Gasteiger partial charge in [-0.05, 0) is 24.6 Å². The standard InChI is InChI=1S/C15H16ClN3O5/c1-9-17-14(24-19-9)8-23-7-13(20)18-12(6-15(21)22)10-2-4-11(16)5-3-10/h2-5,12H,6-8H2,1H3,(H,18,20)(H,21,22)/t12-/m0/s1. The number of rotatable bonds is 8. The van der Waals surface area contributed by atoms with Crippen molar-refractivity contribution in [1.82, 2.24) is 15.5 Å². The van der Waals surface area contributed by atoms with Crippen molar-refractivity contribution < 1.29 is 24.0 Å². The summed E-state index contributed by atoms with van der Waals surface area (Å²) in [5, 5.41) is 15.7. The second kappa shape index (κ2) is 8.42. The highest BCUT2D eigenvalue weighted by atomic mass is 35.5. The first kappa shape index (κ1) is 17.9. The van der Waals surface area contributed by atoms with E-state index in [1.807, 2.05) is 0 Å². The van der Waals surface area contributed by atoms with Gasteiger partial charge < -0.3 is 19.7 Å². The van der Waals surface area contributed by atoms with Crippen molar-refractivity contribution in [1.29, 1.82) is 0 Å². The molecule has 9 heteroatoms. The number of aliphatic carboxylic acids is 1.